The van der Waals surface area contributed by atoms with E-state index in [0.717, 1.165) is 20.4 Å². The van der Waals surface area contributed by atoms with E-state index in [1.807, 2.05) is 39.0 Å². The molecule has 144 valence electrons. The number of hydrogen-bond donors (Lipinski definition) is 0. The molecule has 1 heterocycles. The molecule has 1 aromatic carbocycles. The first kappa shape index (κ1) is 21.2. The lowest BCUT2D eigenvalue weighted by Crippen LogP contribution is -2.43. The van der Waals surface area contributed by atoms with Crippen LogP contribution in [0.15, 0.2) is 18.2 Å². The maximum Gasteiger partial charge on any atom is 0.328 e. The van der Waals surface area contributed by atoms with Gasteiger partial charge >= 0.3 is 5.97 Å². The first-order valence-corrected chi connectivity index (χ1v) is 12.8. The van der Waals surface area contributed by atoms with Crippen LogP contribution < -0.4 is 4.43 Å². The molecule has 7 heteroatoms. The minimum absolute atomic E-state index is 0.0836. The largest absolute Gasteiger partial charge is 0.543 e. The molecule has 0 N–H and O–H groups in total. The number of halogens is 1. The number of fused-ring (bicyclic) bond motifs is 1. The minimum atomic E-state index is -1.93. The third-order valence-corrected chi connectivity index (χ3v) is 9.71. The number of hydrogen-bond acceptors (Lipinski definition) is 4. The van der Waals surface area contributed by atoms with Gasteiger partial charge in [0, 0.05) is 11.5 Å². The SMILES string of the molecule is CC(C)(C)OC(=O)Cn1nc(I)c2ccc(O[Si](C)(C)C(C)(C)C)cc21. The third-order valence-electron chi connectivity index (χ3n) is 4.56. The number of esters is 1. The Morgan fingerprint density at radius 1 is 1.19 bits per heavy atom. The van der Waals surface area contributed by atoms with Gasteiger partial charge in [-0.05, 0) is 73.6 Å². The van der Waals surface area contributed by atoms with Crippen molar-refractivity contribution in [3.63, 3.8) is 0 Å². The molecule has 1 aromatic heterocycles. The van der Waals surface area contributed by atoms with Crippen molar-refractivity contribution in [1.82, 2.24) is 9.78 Å². The number of carbonyl (C=O) groups is 1. The van der Waals surface area contributed by atoms with Crippen molar-refractivity contribution in [1.29, 1.82) is 0 Å². The zero-order valence-corrected chi connectivity index (χ0v) is 20.1. The summed E-state index contributed by atoms with van der Waals surface area (Å²) in [7, 11) is -1.93. The Labute approximate surface area is 170 Å². The first-order chi connectivity index (χ1) is 11.7. The Bertz CT molecular complexity index is 817. The van der Waals surface area contributed by atoms with Crippen LogP contribution in [0.4, 0.5) is 0 Å². The molecular weight excluding hydrogens is 459 g/mol. The summed E-state index contributed by atoms with van der Waals surface area (Å²) >= 11 is 2.19. The minimum Gasteiger partial charge on any atom is -0.543 e. The molecule has 2 aromatic rings. The molecule has 0 radical (unpaired) electrons. The summed E-state index contributed by atoms with van der Waals surface area (Å²) in [6.07, 6.45) is 0. The molecule has 0 bridgehead atoms. The van der Waals surface area contributed by atoms with Gasteiger partial charge in [0.05, 0.1) is 5.52 Å². The number of carbonyl (C=O) groups excluding carboxylic acids is 1. The van der Waals surface area contributed by atoms with E-state index in [4.69, 9.17) is 9.16 Å². The molecule has 2 rings (SSSR count). The molecule has 0 aliphatic rings. The third kappa shape index (κ3) is 5.00. The molecule has 0 saturated heterocycles. The standard InChI is InChI=1S/C19H29IN2O3Si/c1-18(2,3)24-16(23)12-22-15-11-13(9-10-14(15)17(20)21-22)25-26(7,8)19(4,5)6/h9-11H,12H2,1-8H3. The zero-order valence-electron chi connectivity index (χ0n) is 16.9. The molecule has 0 saturated carbocycles. The summed E-state index contributed by atoms with van der Waals surface area (Å²) in [5, 5.41) is 5.63. The van der Waals surface area contributed by atoms with Crippen molar-refractivity contribution < 1.29 is 14.0 Å². The smallest absolute Gasteiger partial charge is 0.328 e. The maximum atomic E-state index is 12.2. The lowest BCUT2D eigenvalue weighted by molar-refractivity contribution is -0.155. The molecule has 0 fully saturated rings. The van der Waals surface area contributed by atoms with E-state index in [0.29, 0.717) is 0 Å². The van der Waals surface area contributed by atoms with Gasteiger partial charge in [-0.2, -0.15) is 5.10 Å². The van der Waals surface area contributed by atoms with Crippen LogP contribution in [0.2, 0.25) is 18.1 Å². The van der Waals surface area contributed by atoms with Crippen molar-refractivity contribution in [3.05, 3.63) is 21.9 Å². The molecule has 0 unspecified atom stereocenters. The molecule has 0 aliphatic carbocycles. The highest BCUT2D eigenvalue weighted by Crippen LogP contribution is 2.38. The number of benzene rings is 1. The number of nitrogens with zero attached hydrogens (tertiary/aromatic N) is 2. The lowest BCUT2D eigenvalue weighted by Gasteiger charge is -2.36. The Morgan fingerprint density at radius 3 is 2.35 bits per heavy atom. The number of rotatable bonds is 4. The molecular formula is C19H29IN2O3Si. The fourth-order valence-electron chi connectivity index (χ4n) is 2.24. The second-order valence-electron chi connectivity index (χ2n) is 9.08. The molecule has 0 atom stereocenters. The number of ether oxygens (including phenoxy) is 1. The number of aromatic nitrogens is 2. The molecule has 26 heavy (non-hydrogen) atoms. The maximum absolute atomic E-state index is 12.2. The molecule has 0 aliphatic heterocycles. The van der Waals surface area contributed by atoms with Crippen LogP contribution in [0.1, 0.15) is 41.5 Å². The fourth-order valence-corrected chi connectivity index (χ4v) is 3.98. The summed E-state index contributed by atoms with van der Waals surface area (Å²) in [6, 6.07) is 5.98. The normalized spacial score (nSPS) is 13.1. The Hall–Kier alpha value is -1.09. The zero-order chi connectivity index (χ0) is 19.9. The fraction of sp³-hybridized carbons (Fsp3) is 0.579. The molecule has 0 amide bonds. The van der Waals surface area contributed by atoms with Crippen LogP contribution in [0.5, 0.6) is 5.75 Å². The van der Waals surface area contributed by atoms with Crippen LogP contribution >= 0.6 is 22.6 Å². The van der Waals surface area contributed by atoms with Crippen LogP contribution in [0, 0.1) is 3.70 Å². The van der Waals surface area contributed by atoms with Gasteiger partial charge in [0.2, 0.25) is 8.32 Å². The summed E-state index contributed by atoms with van der Waals surface area (Å²) < 4.78 is 14.4. The highest BCUT2D eigenvalue weighted by atomic mass is 127. The second-order valence-corrected chi connectivity index (χ2v) is 14.8. The average molecular weight is 488 g/mol. The van der Waals surface area contributed by atoms with Gasteiger partial charge in [-0.15, -0.1) is 0 Å². The Morgan fingerprint density at radius 2 is 1.81 bits per heavy atom. The van der Waals surface area contributed by atoms with Crippen molar-refractivity contribution in [3.8, 4) is 5.75 Å². The monoisotopic (exact) mass is 488 g/mol. The predicted octanol–water partition coefficient (Wildman–Crippen LogP) is 5.37. The second kappa shape index (κ2) is 7.14. The Balaban J connectivity index is 2.34. The van der Waals surface area contributed by atoms with Crippen molar-refractivity contribution in [2.75, 3.05) is 0 Å². The van der Waals surface area contributed by atoms with E-state index in [1.165, 1.54) is 0 Å². The van der Waals surface area contributed by atoms with Crippen LogP contribution in [0.25, 0.3) is 10.9 Å². The van der Waals surface area contributed by atoms with Crippen molar-refractivity contribution >= 4 is 47.8 Å². The highest BCUT2D eigenvalue weighted by molar-refractivity contribution is 14.1. The van der Waals surface area contributed by atoms with E-state index in [9.17, 15) is 4.79 Å². The highest BCUT2D eigenvalue weighted by Gasteiger charge is 2.39. The summed E-state index contributed by atoms with van der Waals surface area (Å²) in [6.45, 7) is 16.8. The quantitative estimate of drug-likeness (QED) is 0.330. The van der Waals surface area contributed by atoms with Gasteiger partial charge in [-0.25, -0.2) is 0 Å². The Kier molecular flexibility index (Phi) is 5.83. The summed E-state index contributed by atoms with van der Waals surface area (Å²) in [5.41, 5.74) is 0.375. The van der Waals surface area contributed by atoms with Gasteiger partial charge in [0.15, 0.2) is 0 Å². The van der Waals surface area contributed by atoms with Gasteiger partial charge in [0.25, 0.3) is 0 Å². The van der Waals surface area contributed by atoms with Gasteiger partial charge in [0.1, 0.15) is 21.6 Å². The van der Waals surface area contributed by atoms with Gasteiger partial charge in [-0.1, -0.05) is 20.8 Å². The lowest BCUT2D eigenvalue weighted by atomic mass is 10.2. The van der Waals surface area contributed by atoms with Crippen molar-refractivity contribution in [2.24, 2.45) is 0 Å². The molecule has 0 spiro atoms. The topological polar surface area (TPSA) is 53.4 Å². The van der Waals surface area contributed by atoms with Crippen LogP contribution in [0.3, 0.4) is 0 Å². The van der Waals surface area contributed by atoms with E-state index in [1.54, 1.807) is 4.68 Å². The summed E-state index contributed by atoms with van der Waals surface area (Å²) in [5.74, 6) is 0.528. The predicted molar refractivity (Wildman–Crippen MR) is 116 cm³/mol. The van der Waals surface area contributed by atoms with E-state index < -0.39 is 13.9 Å². The van der Waals surface area contributed by atoms with Crippen LogP contribution in [-0.4, -0.2) is 29.7 Å². The van der Waals surface area contributed by atoms with Crippen LogP contribution in [-0.2, 0) is 16.1 Å². The average Bonchev–Trinajstić information content (AvgIpc) is 2.71. The van der Waals surface area contributed by atoms with Crippen molar-refractivity contribution in [2.45, 2.75) is 71.8 Å². The van der Waals surface area contributed by atoms with Gasteiger partial charge in [-0.3, -0.25) is 9.48 Å². The first-order valence-electron chi connectivity index (χ1n) is 8.76. The van der Waals surface area contributed by atoms with E-state index >= 15 is 0 Å². The molecule has 5 nitrogen and oxygen atoms in total. The van der Waals surface area contributed by atoms with E-state index in [-0.39, 0.29) is 17.6 Å². The van der Waals surface area contributed by atoms with E-state index in [2.05, 4.69) is 61.6 Å². The van der Waals surface area contributed by atoms with Gasteiger partial charge < -0.3 is 9.16 Å². The summed E-state index contributed by atoms with van der Waals surface area (Å²) in [4.78, 5) is 12.2.